The number of carbonyl (C=O) groups is 2. The number of halogens is 2. The summed E-state index contributed by atoms with van der Waals surface area (Å²) in [6, 6.07) is 8.59. The lowest BCUT2D eigenvalue weighted by Crippen LogP contribution is -2.15. The van der Waals surface area contributed by atoms with E-state index in [1.807, 2.05) is 0 Å². The molecule has 2 aromatic carbocycles. The fourth-order valence-corrected chi connectivity index (χ4v) is 2.61. The maximum atomic E-state index is 13.8. The van der Waals surface area contributed by atoms with E-state index in [2.05, 4.69) is 5.32 Å². The van der Waals surface area contributed by atoms with E-state index in [4.69, 9.17) is 0 Å². The second-order valence-electron chi connectivity index (χ2n) is 5.02. The lowest BCUT2D eigenvalue weighted by molar-refractivity contribution is -0.113. The Kier molecular flexibility index (Phi) is 5.50. The number of nitrogens with one attached hydrogen (secondary N) is 1. The number of hydrogen-bond acceptors (Lipinski definition) is 3. The molecule has 0 unspecified atom stereocenters. The number of Topliss-reactive ketones (excluding diaryl/α,β-unsaturated/α-hetero) is 1. The number of amides is 1. The molecule has 0 fully saturated rings. The molecule has 0 radical (unpaired) electrons. The minimum absolute atomic E-state index is 0.0658. The molecule has 0 saturated heterocycles. The van der Waals surface area contributed by atoms with Crippen molar-refractivity contribution in [2.24, 2.45) is 0 Å². The molecule has 1 amide bonds. The Bertz CT molecular complexity index is 762. The number of thioether (sulfide) groups is 1. The van der Waals surface area contributed by atoms with Crippen molar-refractivity contribution >= 4 is 29.1 Å². The Hall–Kier alpha value is -2.21. The third-order valence-electron chi connectivity index (χ3n) is 3.10. The van der Waals surface area contributed by atoms with E-state index in [1.165, 1.54) is 31.2 Å². The summed E-state index contributed by atoms with van der Waals surface area (Å²) in [5.74, 6) is -1.80. The number of hydrogen-bond donors (Lipinski definition) is 1. The van der Waals surface area contributed by atoms with E-state index in [1.54, 1.807) is 13.0 Å². The van der Waals surface area contributed by atoms with E-state index < -0.39 is 17.5 Å². The smallest absolute Gasteiger partial charge is 0.234 e. The second-order valence-corrected chi connectivity index (χ2v) is 6.04. The molecule has 0 heterocycles. The summed E-state index contributed by atoms with van der Waals surface area (Å²) >= 11 is 0.983. The Morgan fingerprint density at radius 1 is 1.09 bits per heavy atom. The van der Waals surface area contributed by atoms with E-state index >= 15 is 0 Å². The zero-order chi connectivity index (χ0) is 17.0. The number of aryl methyl sites for hydroxylation is 1. The van der Waals surface area contributed by atoms with Gasteiger partial charge in [0.1, 0.15) is 11.6 Å². The first-order valence-corrected chi connectivity index (χ1v) is 7.84. The number of anilines is 1. The highest BCUT2D eigenvalue weighted by molar-refractivity contribution is 8.00. The molecule has 0 spiro atoms. The number of benzene rings is 2. The molecule has 23 heavy (non-hydrogen) atoms. The normalized spacial score (nSPS) is 10.4. The Labute approximate surface area is 137 Å². The monoisotopic (exact) mass is 335 g/mol. The summed E-state index contributed by atoms with van der Waals surface area (Å²) in [7, 11) is 0. The first-order chi connectivity index (χ1) is 10.9. The highest BCUT2D eigenvalue weighted by Gasteiger charge is 2.11. The van der Waals surface area contributed by atoms with Gasteiger partial charge in [0, 0.05) is 10.5 Å². The highest BCUT2D eigenvalue weighted by atomic mass is 32.2. The van der Waals surface area contributed by atoms with Crippen molar-refractivity contribution in [1.82, 2.24) is 0 Å². The summed E-state index contributed by atoms with van der Waals surface area (Å²) in [5.41, 5.74) is 1.12. The van der Waals surface area contributed by atoms with E-state index in [0.29, 0.717) is 0 Å². The fraction of sp³-hybridized carbons (Fsp3) is 0.176. The van der Waals surface area contributed by atoms with Crippen LogP contribution in [0, 0.1) is 18.6 Å². The van der Waals surface area contributed by atoms with Crippen LogP contribution in [0.4, 0.5) is 14.5 Å². The van der Waals surface area contributed by atoms with Crippen LogP contribution in [0.2, 0.25) is 0 Å². The van der Waals surface area contributed by atoms with Crippen LogP contribution in [-0.4, -0.2) is 17.4 Å². The third-order valence-corrected chi connectivity index (χ3v) is 4.14. The van der Waals surface area contributed by atoms with Gasteiger partial charge in [0.05, 0.1) is 11.4 Å². The van der Waals surface area contributed by atoms with Gasteiger partial charge >= 0.3 is 0 Å². The molecular weight excluding hydrogens is 320 g/mol. The standard InChI is InChI=1S/C17H15F2NO2S/c1-10-3-5-15(13(18)7-10)20-17(22)9-23-16-6-4-12(11(2)21)8-14(16)19/h3-8H,9H2,1-2H3,(H,20,22). The van der Waals surface area contributed by atoms with Crippen LogP contribution in [-0.2, 0) is 4.79 Å². The van der Waals surface area contributed by atoms with Crippen molar-refractivity contribution in [1.29, 1.82) is 0 Å². The molecule has 3 nitrogen and oxygen atoms in total. The first-order valence-electron chi connectivity index (χ1n) is 6.86. The quantitative estimate of drug-likeness (QED) is 0.658. The van der Waals surface area contributed by atoms with Gasteiger partial charge in [0.25, 0.3) is 0 Å². The largest absolute Gasteiger partial charge is 0.323 e. The van der Waals surface area contributed by atoms with Gasteiger partial charge in [-0.1, -0.05) is 12.1 Å². The third kappa shape index (κ3) is 4.63. The Balaban J connectivity index is 1.98. The van der Waals surface area contributed by atoms with Gasteiger partial charge in [0.2, 0.25) is 5.91 Å². The molecular formula is C17H15F2NO2S. The summed E-state index contributed by atoms with van der Waals surface area (Å²) in [5, 5.41) is 2.45. The number of ketones is 1. The van der Waals surface area contributed by atoms with Crippen molar-refractivity contribution in [2.75, 3.05) is 11.1 Å². The molecule has 1 N–H and O–H groups in total. The van der Waals surface area contributed by atoms with Crippen LogP contribution >= 0.6 is 11.8 Å². The predicted octanol–water partition coefficient (Wildman–Crippen LogP) is 4.21. The molecule has 0 aliphatic heterocycles. The average Bonchev–Trinajstić information content (AvgIpc) is 2.48. The summed E-state index contributed by atoms with van der Waals surface area (Å²) < 4.78 is 27.5. The second kappa shape index (κ2) is 7.37. The number of rotatable bonds is 5. The molecule has 0 bridgehead atoms. The average molecular weight is 335 g/mol. The number of carbonyl (C=O) groups excluding carboxylic acids is 2. The fourth-order valence-electron chi connectivity index (χ4n) is 1.89. The Morgan fingerprint density at radius 2 is 1.83 bits per heavy atom. The molecule has 0 saturated carbocycles. The van der Waals surface area contributed by atoms with Crippen molar-refractivity contribution in [3.63, 3.8) is 0 Å². The zero-order valence-electron chi connectivity index (χ0n) is 12.7. The molecule has 120 valence electrons. The van der Waals surface area contributed by atoms with E-state index in [0.717, 1.165) is 23.4 Å². The zero-order valence-corrected chi connectivity index (χ0v) is 13.5. The van der Waals surface area contributed by atoms with E-state index in [9.17, 15) is 18.4 Å². The molecule has 2 rings (SSSR count). The highest BCUT2D eigenvalue weighted by Crippen LogP contribution is 2.23. The van der Waals surface area contributed by atoms with Crippen molar-refractivity contribution in [2.45, 2.75) is 18.7 Å². The SMILES string of the molecule is CC(=O)c1ccc(SCC(=O)Nc2ccc(C)cc2F)c(F)c1. The Morgan fingerprint density at radius 3 is 2.43 bits per heavy atom. The van der Waals surface area contributed by atoms with Gasteiger partial charge in [-0.05, 0) is 43.7 Å². The summed E-state index contributed by atoms with van der Waals surface area (Å²) in [6.45, 7) is 3.10. The lowest BCUT2D eigenvalue weighted by atomic mass is 10.1. The summed E-state index contributed by atoms with van der Waals surface area (Å²) in [6.07, 6.45) is 0. The molecule has 2 aromatic rings. The van der Waals surface area contributed by atoms with E-state index in [-0.39, 0.29) is 27.7 Å². The van der Waals surface area contributed by atoms with Gasteiger partial charge < -0.3 is 5.32 Å². The van der Waals surface area contributed by atoms with Gasteiger partial charge in [-0.3, -0.25) is 9.59 Å². The van der Waals surface area contributed by atoms with Gasteiger partial charge in [-0.15, -0.1) is 11.8 Å². The molecule has 0 aromatic heterocycles. The van der Waals surface area contributed by atoms with Crippen LogP contribution in [0.5, 0.6) is 0 Å². The van der Waals surface area contributed by atoms with Crippen LogP contribution in [0.1, 0.15) is 22.8 Å². The first kappa shape index (κ1) is 17.1. The maximum absolute atomic E-state index is 13.8. The van der Waals surface area contributed by atoms with Crippen LogP contribution in [0.15, 0.2) is 41.3 Å². The summed E-state index contributed by atoms with van der Waals surface area (Å²) in [4.78, 5) is 23.3. The molecule has 0 atom stereocenters. The predicted molar refractivity (Wildman–Crippen MR) is 86.9 cm³/mol. The molecule has 6 heteroatoms. The van der Waals surface area contributed by atoms with Gasteiger partial charge in [-0.25, -0.2) is 8.78 Å². The minimum Gasteiger partial charge on any atom is -0.323 e. The van der Waals surface area contributed by atoms with Crippen LogP contribution in [0.25, 0.3) is 0 Å². The van der Waals surface area contributed by atoms with Crippen molar-refractivity contribution in [3.8, 4) is 0 Å². The van der Waals surface area contributed by atoms with Crippen molar-refractivity contribution in [3.05, 3.63) is 59.2 Å². The minimum atomic E-state index is -0.558. The molecule has 0 aliphatic carbocycles. The maximum Gasteiger partial charge on any atom is 0.234 e. The van der Waals surface area contributed by atoms with Gasteiger partial charge in [0.15, 0.2) is 5.78 Å². The van der Waals surface area contributed by atoms with Crippen LogP contribution < -0.4 is 5.32 Å². The van der Waals surface area contributed by atoms with Crippen LogP contribution in [0.3, 0.4) is 0 Å². The lowest BCUT2D eigenvalue weighted by Gasteiger charge is -2.08. The van der Waals surface area contributed by atoms with Gasteiger partial charge in [-0.2, -0.15) is 0 Å². The topological polar surface area (TPSA) is 46.2 Å². The van der Waals surface area contributed by atoms with Crippen molar-refractivity contribution < 1.29 is 18.4 Å². The molecule has 0 aliphatic rings.